The van der Waals surface area contributed by atoms with Crippen molar-refractivity contribution in [2.45, 2.75) is 39.0 Å². The van der Waals surface area contributed by atoms with Gasteiger partial charge in [-0.3, -0.25) is 4.98 Å². The first-order valence-corrected chi connectivity index (χ1v) is 9.43. The second-order valence-corrected chi connectivity index (χ2v) is 7.49. The van der Waals surface area contributed by atoms with Crippen LogP contribution in [-0.4, -0.2) is 39.8 Å². The highest BCUT2D eigenvalue weighted by Gasteiger charge is 2.29. The summed E-state index contributed by atoms with van der Waals surface area (Å²) in [5.74, 6) is 0.786. The second-order valence-electron chi connectivity index (χ2n) is 7.49. The second kappa shape index (κ2) is 7.21. The standard InChI is InChI=1S/C21H23FN6/c1-13-7-19-20(8-14(13)2)28(11-16-4-3-15(9-23)10-25-16)21(26-19)27-6-5-17(22)18(24)12-27/h3-4,7-8,10,17-18H,5-6,11-12,24H2,1-2H3/t17-,18-/m1/s1. The van der Waals surface area contributed by atoms with Crippen LogP contribution in [0.2, 0.25) is 0 Å². The Hall–Kier alpha value is -2.98. The maximum atomic E-state index is 13.9. The number of imidazole rings is 1. The molecule has 0 spiro atoms. The van der Waals surface area contributed by atoms with Crippen molar-refractivity contribution in [3.8, 4) is 6.07 Å². The Morgan fingerprint density at radius 2 is 2.07 bits per heavy atom. The zero-order valence-corrected chi connectivity index (χ0v) is 16.1. The lowest BCUT2D eigenvalue weighted by molar-refractivity contribution is 0.243. The molecule has 0 radical (unpaired) electrons. The fourth-order valence-electron chi connectivity index (χ4n) is 3.65. The predicted octanol–water partition coefficient (Wildman–Crippen LogP) is 2.84. The number of halogens is 1. The molecule has 4 rings (SSSR count). The third-order valence-electron chi connectivity index (χ3n) is 5.47. The highest BCUT2D eigenvalue weighted by Crippen LogP contribution is 2.28. The number of pyridine rings is 1. The highest BCUT2D eigenvalue weighted by molar-refractivity contribution is 5.81. The molecule has 1 aliphatic rings. The summed E-state index contributed by atoms with van der Waals surface area (Å²) in [7, 11) is 0. The van der Waals surface area contributed by atoms with E-state index in [9.17, 15) is 4.39 Å². The largest absolute Gasteiger partial charge is 0.340 e. The third kappa shape index (κ3) is 3.32. The molecule has 28 heavy (non-hydrogen) atoms. The summed E-state index contributed by atoms with van der Waals surface area (Å²) in [4.78, 5) is 11.3. The molecular weight excluding hydrogens is 355 g/mol. The molecule has 1 aromatic carbocycles. The lowest BCUT2D eigenvalue weighted by Crippen LogP contribution is -2.50. The monoisotopic (exact) mass is 378 g/mol. The van der Waals surface area contributed by atoms with Gasteiger partial charge in [0.2, 0.25) is 5.95 Å². The summed E-state index contributed by atoms with van der Waals surface area (Å²) < 4.78 is 16.0. The van der Waals surface area contributed by atoms with E-state index >= 15 is 0 Å². The first kappa shape index (κ1) is 18.4. The molecule has 0 bridgehead atoms. The Bertz CT molecular complexity index is 1050. The number of anilines is 1. The van der Waals surface area contributed by atoms with Gasteiger partial charge >= 0.3 is 0 Å². The zero-order chi connectivity index (χ0) is 19.8. The van der Waals surface area contributed by atoms with Gasteiger partial charge in [0.1, 0.15) is 12.2 Å². The molecule has 2 atom stereocenters. The molecular formula is C21H23FN6. The van der Waals surface area contributed by atoms with Gasteiger partial charge in [0, 0.05) is 19.3 Å². The van der Waals surface area contributed by atoms with Gasteiger partial charge in [-0.25, -0.2) is 9.37 Å². The van der Waals surface area contributed by atoms with Crippen LogP contribution in [0.15, 0.2) is 30.5 Å². The van der Waals surface area contributed by atoms with Crippen molar-refractivity contribution in [2.75, 3.05) is 18.0 Å². The number of hydrogen-bond acceptors (Lipinski definition) is 5. The molecule has 7 heteroatoms. The molecule has 1 fully saturated rings. The molecule has 0 saturated carbocycles. The number of nitriles is 1. The van der Waals surface area contributed by atoms with Crippen LogP contribution in [-0.2, 0) is 6.54 Å². The average molecular weight is 378 g/mol. The van der Waals surface area contributed by atoms with E-state index in [2.05, 4.69) is 46.5 Å². The van der Waals surface area contributed by atoms with Crippen molar-refractivity contribution in [3.63, 3.8) is 0 Å². The third-order valence-corrected chi connectivity index (χ3v) is 5.47. The van der Waals surface area contributed by atoms with Crippen LogP contribution in [0.3, 0.4) is 0 Å². The van der Waals surface area contributed by atoms with Crippen LogP contribution in [0.25, 0.3) is 11.0 Å². The van der Waals surface area contributed by atoms with Crippen molar-refractivity contribution in [1.29, 1.82) is 5.26 Å². The Balaban J connectivity index is 1.79. The van der Waals surface area contributed by atoms with Crippen LogP contribution in [0.4, 0.5) is 10.3 Å². The predicted molar refractivity (Wildman–Crippen MR) is 107 cm³/mol. The normalized spacial score (nSPS) is 19.8. The van der Waals surface area contributed by atoms with E-state index in [4.69, 9.17) is 16.0 Å². The van der Waals surface area contributed by atoms with E-state index in [0.29, 0.717) is 31.6 Å². The van der Waals surface area contributed by atoms with Crippen molar-refractivity contribution >= 4 is 17.0 Å². The number of piperidine rings is 1. The van der Waals surface area contributed by atoms with Crippen LogP contribution >= 0.6 is 0 Å². The molecule has 144 valence electrons. The summed E-state index contributed by atoms with van der Waals surface area (Å²) in [5, 5.41) is 8.99. The van der Waals surface area contributed by atoms with E-state index in [1.807, 2.05) is 6.07 Å². The van der Waals surface area contributed by atoms with Gasteiger partial charge in [0.05, 0.1) is 34.9 Å². The number of rotatable bonds is 3. The number of fused-ring (bicyclic) bond motifs is 1. The smallest absolute Gasteiger partial charge is 0.206 e. The average Bonchev–Trinajstić information content (AvgIpc) is 3.02. The summed E-state index contributed by atoms with van der Waals surface area (Å²) in [6.45, 7) is 5.68. The Kier molecular flexibility index (Phi) is 4.73. The molecule has 1 aliphatic heterocycles. The van der Waals surface area contributed by atoms with Gasteiger partial charge in [-0.15, -0.1) is 0 Å². The fourth-order valence-corrected chi connectivity index (χ4v) is 3.65. The summed E-state index contributed by atoms with van der Waals surface area (Å²) in [5.41, 5.74) is 11.6. The van der Waals surface area contributed by atoms with E-state index in [1.54, 1.807) is 12.3 Å². The molecule has 3 aromatic rings. The quantitative estimate of drug-likeness (QED) is 0.758. The summed E-state index contributed by atoms with van der Waals surface area (Å²) in [6, 6.07) is 9.41. The van der Waals surface area contributed by atoms with Gasteiger partial charge in [0.15, 0.2) is 0 Å². The topological polar surface area (TPSA) is 83.8 Å². The highest BCUT2D eigenvalue weighted by atomic mass is 19.1. The lowest BCUT2D eigenvalue weighted by atomic mass is 10.1. The van der Waals surface area contributed by atoms with Crippen molar-refractivity contribution in [2.24, 2.45) is 5.73 Å². The van der Waals surface area contributed by atoms with E-state index in [1.165, 1.54) is 11.1 Å². The number of aryl methyl sites for hydroxylation is 2. The maximum Gasteiger partial charge on any atom is 0.206 e. The molecule has 1 saturated heterocycles. The maximum absolute atomic E-state index is 13.9. The van der Waals surface area contributed by atoms with Gasteiger partial charge in [-0.1, -0.05) is 0 Å². The molecule has 3 heterocycles. The van der Waals surface area contributed by atoms with Crippen LogP contribution < -0.4 is 10.6 Å². The molecule has 6 nitrogen and oxygen atoms in total. The SMILES string of the molecule is Cc1cc2nc(N3CC[C@@H](F)[C@H](N)C3)n(Cc3ccc(C#N)cn3)c2cc1C. The molecule has 0 aliphatic carbocycles. The summed E-state index contributed by atoms with van der Waals surface area (Å²) >= 11 is 0. The van der Waals surface area contributed by atoms with Gasteiger partial charge in [0.25, 0.3) is 0 Å². The fraction of sp³-hybridized carbons (Fsp3) is 0.381. The first-order valence-electron chi connectivity index (χ1n) is 9.43. The minimum Gasteiger partial charge on any atom is -0.340 e. The number of nitrogens with two attached hydrogens (primary N) is 1. The number of aromatic nitrogens is 3. The van der Waals surface area contributed by atoms with Gasteiger partial charge in [-0.05, 0) is 55.7 Å². The van der Waals surface area contributed by atoms with E-state index < -0.39 is 12.2 Å². The van der Waals surface area contributed by atoms with Crippen LogP contribution in [0.5, 0.6) is 0 Å². The Morgan fingerprint density at radius 1 is 1.29 bits per heavy atom. The molecule has 2 N–H and O–H groups in total. The summed E-state index contributed by atoms with van der Waals surface area (Å²) in [6.07, 6.45) is 1.00. The zero-order valence-electron chi connectivity index (χ0n) is 16.1. The Labute approximate surface area is 163 Å². The van der Waals surface area contributed by atoms with Crippen molar-refractivity contribution in [1.82, 2.24) is 14.5 Å². The van der Waals surface area contributed by atoms with Gasteiger partial charge in [-0.2, -0.15) is 5.26 Å². The lowest BCUT2D eigenvalue weighted by Gasteiger charge is -2.34. The van der Waals surface area contributed by atoms with Crippen molar-refractivity contribution in [3.05, 3.63) is 52.8 Å². The number of nitrogens with zero attached hydrogens (tertiary/aromatic N) is 5. The van der Waals surface area contributed by atoms with Crippen molar-refractivity contribution < 1.29 is 4.39 Å². The minimum atomic E-state index is -0.973. The van der Waals surface area contributed by atoms with E-state index in [0.717, 1.165) is 22.7 Å². The number of alkyl halides is 1. The Morgan fingerprint density at radius 3 is 2.75 bits per heavy atom. The van der Waals surface area contributed by atoms with Crippen LogP contribution in [0.1, 0.15) is 28.8 Å². The first-order chi connectivity index (χ1) is 13.5. The van der Waals surface area contributed by atoms with Gasteiger partial charge < -0.3 is 15.2 Å². The molecule has 2 aromatic heterocycles. The van der Waals surface area contributed by atoms with E-state index in [-0.39, 0.29) is 0 Å². The number of hydrogen-bond donors (Lipinski definition) is 1. The minimum absolute atomic E-state index is 0.400. The number of benzene rings is 1. The van der Waals surface area contributed by atoms with Crippen LogP contribution in [0, 0.1) is 25.2 Å². The molecule has 0 amide bonds. The molecule has 0 unspecified atom stereocenters.